The summed E-state index contributed by atoms with van der Waals surface area (Å²) in [4.78, 5) is 0. The van der Waals surface area contributed by atoms with E-state index in [0.29, 0.717) is 5.92 Å². The van der Waals surface area contributed by atoms with Crippen molar-refractivity contribution in [2.24, 2.45) is 0 Å². The van der Waals surface area contributed by atoms with E-state index in [-0.39, 0.29) is 12.1 Å². The lowest BCUT2D eigenvalue weighted by Crippen LogP contribution is -2.32. The fourth-order valence-corrected chi connectivity index (χ4v) is 2.02. The molecule has 0 aliphatic carbocycles. The number of benzene rings is 1. The highest BCUT2D eigenvalue weighted by Gasteiger charge is 2.19. The highest BCUT2D eigenvalue weighted by molar-refractivity contribution is 5.59. The summed E-state index contributed by atoms with van der Waals surface area (Å²) in [6, 6.07) is 6.41. The second-order valence-electron chi connectivity index (χ2n) is 5.68. The molecule has 0 fully saturated rings. The number of nitrogens with one attached hydrogen (secondary N) is 1. The van der Waals surface area contributed by atoms with Gasteiger partial charge < -0.3 is 10.4 Å². The largest absolute Gasteiger partial charge is 0.396 e. The number of hydrogen-bond donors (Lipinski definition) is 2. The van der Waals surface area contributed by atoms with Gasteiger partial charge in [0.1, 0.15) is 0 Å². The van der Waals surface area contributed by atoms with Gasteiger partial charge in [0.15, 0.2) is 0 Å². The summed E-state index contributed by atoms with van der Waals surface area (Å²) in [6.07, 6.45) is 0.749. The normalized spacial score (nSPS) is 11.9. The molecule has 0 aromatic heterocycles. The third-order valence-corrected chi connectivity index (χ3v) is 3.13. The molecule has 2 nitrogen and oxygen atoms in total. The van der Waals surface area contributed by atoms with E-state index in [1.165, 1.54) is 16.8 Å². The highest BCUT2D eigenvalue weighted by Crippen LogP contribution is 2.30. The zero-order valence-corrected chi connectivity index (χ0v) is 11.7. The fraction of sp³-hybridized carbons (Fsp3) is 0.600. The predicted octanol–water partition coefficient (Wildman–Crippen LogP) is 3.69. The van der Waals surface area contributed by atoms with Crippen LogP contribution in [-0.4, -0.2) is 17.3 Å². The molecule has 0 saturated carbocycles. The number of aliphatic hydroxyl groups is 1. The van der Waals surface area contributed by atoms with Gasteiger partial charge in [-0.3, -0.25) is 0 Å². The third kappa shape index (κ3) is 3.74. The minimum Gasteiger partial charge on any atom is -0.396 e. The predicted molar refractivity (Wildman–Crippen MR) is 74.7 cm³/mol. The number of anilines is 1. The van der Waals surface area contributed by atoms with Gasteiger partial charge in [-0.2, -0.15) is 0 Å². The average Bonchev–Trinajstić information content (AvgIpc) is 2.20. The molecule has 2 heteroatoms. The quantitative estimate of drug-likeness (QED) is 0.815. The van der Waals surface area contributed by atoms with Crippen molar-refractivity contribution >= 4 is 5.69 Å². The van der Waals surface area contributed by atoms with Crippen molar-refractivity contribution in [2.45, 2.75) is 52.5 Å². The minimum absolute atomic E-state index is 0.0789. The smallest absolute Gasteiger partial charge is 0.0453 e. The van der Waals surface area contributed by atoms with Gasteiger partial charge in [0.25, 0.3) is 0 Å². The van der Waals surface area contributed by atoms with Gasteiger partial charge in [-0.1, -0.05) is 32.0 Å². The van der Waals surface area contributed by atoms with Gasteiger partial charge in [-0.05, 0) is 44.2 Å². The summed E-state index contributed by atoms with van der Waals surface area (Å²) >= 11 is 0. The Kier molecular flexibility index (Phi) is 4.58. The molecular formula is C15H25NO. The van der Waals surface area contributed by atoms with E-state index in [2.05, 4.69) is 58.1 Å². The first-order chi connectivity index (χ1) is 7.87. The van der Waals surface area contributed by atoms with Gasteiger partial charge in [-0.25, -0.2) is 0 Å². The van der Waals surface area contributed by atoms with E-state index < -0.39 is 0 Å². The number of hydrogen-bond acceptors (Lipinski definition) is 2. The van der Waals surface area contributed by atoms with E-state index in [1.807, 2.05) is 0 Å². The minimum atomic E-state index is -0.0789. The number of aryl methyl sites for hydroxylation is 1. The maximum atomic E-state index is 9.09. The SMILES string of the molecule is Cc1cccc(C(C)C)c1NC(C)(C)CCO. The molecule has 0 heterocycles. The van der Waals surface area contributed by atoms with E-state index in [1.54, 1.807) is 0 Å². The first-order valence-corrected chi connectivity index (χ1v) is 6.36. The highest BCUT2D eigenvalue weighted by atomic mass is 16.3. The van der Waals surface area contributed by atoms with Crippen LogP contribution < -0.4 is 5.32 Å². The van der Waals surface area contributed by atoms with Crippen LogP contribution in [0.4, 0.5) is 5.69 Å². The lowest BCUT2D eigenvalue weighted by atomic mass is 9.94. The molecule has 96 valence electrons. The third-order valence-electron chi connectivity index (χ3n) is 3.13. The zero-order chi connectivity index (χ0) is 13.1. The van der Waals surface area contributed by atoms with Crippen LogP contribution in [0.2, 0.25) is 0 Å². The van der Waals surface area contributed by atoms with Gasteiger partial charge in [0.05, 0.1) is 0 Å². The van der Waals surface area contributed by atoms with E-state index in [4.69, 9.17) is 5.11 Å². The van der Waals surface area contributed by atoms with Crippen molar-refractivity contribution in [3.05, 3.63) is 29.3 Å². The summed E-state index contributed by atoms with van der Waals surface area (Å²) in [7, 11) is 0. The molecule has 0 unspecified atom stereocenters. The maximum Gasteiger partial charge on any atom is 0.0453 e. The molecule has 17 heavy (non-hydrogen) atoms. The Hall–Kier alpha value is -1.02. The van der Waals surface area contributed by atoms with Crippen LogP contribution in [-0.2, 0) is 0 Å². The van der Waals surface area contributed by atoms with Crippen LogP contribution in [0.3, 0.4) is 0 Å². The van der Waals surface area contributed by atoms with Crippen LogP contribution in [0.15, 0.2) is 18.2 Å². The van der Waals surface area contributed by atoms with Gasteiger partial charge in [0, 0.05) is 17.8 Å². The van der Waals surface area contributed by atoms with Crippen LogP contribution in [0, 0.1) is 6.92 Å². The zero-order valence-electron chi connectivity index (χ0n) is 11.7. The molecule has 1 aromatic rings. The first kappa shape index (κ1) is 14.0. The molecule has 0 radical (unpaired) electrons. The fourth-order valence-electron chi connectivity index (χ4n) is 2.02. The lowest BCUT2D eigenvalue weighted by Gasteiger charge is -2.30. The van der Waals surface area contributed by atoms with Crippen molar-refractivity contribution in [3.8, 4) is 0 Å². The van der Waals surface area contributed by atoms with E-state index >= 15 is 0 Å². The summed E-state index contributed by atoms with van der Waals surface area (Å²) in [5.41, 5.74) is 3.75. The number of aliphatic hydroxyl groups excluding tert-OH is 1. The monoisotopic (exact) mass is 235 g/mol. The van der Waals surface area contributed by atoms with Crippen molar-refractivity contribution < 1.29 is 5.11 Å². The molecule has 0 aliphatic rings. The van der Waals surface area contributed by atoms with Crippen LogP contribution >= 0.6 is 0 Å². The summed E-state index contributed by atoms with van der Waals surface area (Å²) in [5.74, 6) is 0.502. The summed E-state index contributed by atoms with van der Waals surface area (Å²) in [5, 5.41) is 12.7. The Morgan fingerprint density at radius 1 is 1.29 bits per heavy atom. The topological polar surface area (TPSA) is 32.3 Å². The first-order valence-electron chi connectivity index (χ1n) is 6.36. The van der Waals surface area contributed by atoms with E-state index in [9.17, 15) is 0 Å². The summed E-state index contributed by atoms with van der Waals surface area (Å²) in [6.45, 7) is 11.0. The maximum absolute atomic E-state index is 9.09. The standard InChI is InChI=1S/C15H25NO/c1-11(2)13-8-6-7-12(3)14(13)16-15(4,5)9-10-17/h6-8,11,16-17H,9-10H2,1-5H3. The number of para-hydroxylation sites is 1. The molecule has 1 rings (SSSR count). The van der Waals surface area contributed by atoms with E-state index in [0.717, 1.165) is 6.42 Å². The Morgan fingerprint density at radius 3 is 2.47 bits per heavy atom. The molecule has 1 aromatic carbocycles. The van der Waals surface area contributed by atoms with Crippen LogP contribution in [0.25, 0.3) is 0 Å². The second kappa shape index (κ2) is 5.54. The summed E-state index contributed by atoms with van der Waals surface area (Å²) < 4.78 is 0. The Labute approximate surface area is 105 Å². The Bertz CT molecular complexity index is 369. The van der Waals surface area contributed by atoms with Crippen molar-refractivity contribution in [1.82, 2.24) is 0 Å². The van der Waals surface area contributed by atoms with Gasteiger partial charge >= 0.3 is 0 Å². The van der Waals surface area contributed by atoms with Crippen molar-refractivity contribution in [3.63, 3.8) is 0 Å². The molecule has 0 amide bonds. The Balaban J connectivity index is 3.04. The molecule has 0 saturated heterocycles. The van der Waals surface area contributed by atoms with Gasteiger partial charge in [0.2, 0.25) is 0 Å². The van der Waals surface area contributed by atoms with Crippen LogP contribution in [0.5, 0.6) is 0 Å². The Morgan fingerprint density at radius 2 is 1.94 bits per heavy atom. The van der Waals surface area contributed by atoms with Crippen molar-refractivity contribution in [2.75, 3.05) is 11.9 Å². The molecule has 0 atom stereocenters. The van der Waals surface area contributed by atoms with Gasteiger partial charge in [-0.15, -0.1) is 0 Å². The molecule has 0 aliphatic heterocycles. The lowest BCUT2D eigenvalue weighted by molar-refractivity contribution is 0.261. The average molecular weight is 235 g/mol. The van der Waals surface area contributed by atoms with Crippen molar-refractivity contribution in [1.29, 1.82) is 0 Å². The van der Waals surface area contributed by atoms with Crippen LogP contribution in [0.1, 0.15) is 51.2 Å². The number of rotatable bonds is 5. The second-order valence-corrected chi connectivity index (χ2v) is 5.68. The molecule has 0 spiro atoms. The molecule has 2 N–H and O–H groups in total. The molecule has 0 bridgehead atoms. The molecular weight excluding hydrogens is 210 g/mol.